The minimum absolute atomic E-state index is 0.261. The number of hydrogen-bond donors (Lipinski definition) is 2. The first kappa shape index (κ1) is 13.9. The molecule has 2 N–H and O–H groups in total. The molecule has 1 aliphatic rings. The van der Waals surface area contributed by atoms with E-state index < -0.39 is 0 Å². The fourth-order valence-corrected chi connectivity index (χ4v) is 3.41. The lowest BCUT2D eigenvalue weighted by Gasteiger charge is -2.31. The molecule has 20 heavy (non-hydrogen) atoms. The fraction of sp³-hybridized carbons (Fsp3) is 0.500. The van der Waals surface area contributed by atoms with Crippen molar-refractivity contribution in [1.82, 2.24) is 5.32 Å². The first-order valence-corrected chi connectivity index (χ1v) is 7.67. The Bertz CT molecular complexity index is 581. The molecule has 3 rings (SSSR count). The highest BCUT2D eigenvalue weighted by Crippen LogP contribution is 2.30. The quantitative estimate of drug-likeness (QED) is 0.903. The molecule has 1 heterocycles. The van der Waals surface area contributed by atoms with Crippen LogP contribution < -0.4 is 5.32 Å². The minimum atomic E-state index is 0.261. The van der Waals surface area contributed by atoms with Gasteiger partial charge in [-0.1, -0.05) is 31.0 Å². The van der Waals surface area contributed by atoms with Crippen molar-refractivity contribution in [2.24, 2.45) is 5.92 Å². The summed E-state index contributed by atoms with van der Waals surface area (Å²) in [5, 5.41) is 14.6. The molecule has 0 aliphatic heterocycles. The standard InChI is InChI=1S/C16H20ClNO2/c17-16-13(12-6-2-4-8-15(12)20-16)9-18-14-7-3-1-5-11(14)10-19/h2,4,6,8,11,14,18-19H,1,3,5,7,9-10H2. The average Bonchev–Trinajstić information content (AvgIpc) is 2.81. The Hall–Kier alpha value is -1.03. The van der Waals surface area contributed by atoms with Gasteiger partial charge in [0.05, 0.1) is 0 Å². The van der Waals surface area contributed by atoms with Gasteiger partial charge in [-0.25, -0.2) is 0 Å². The van der Waals surface area contributed by atoms with Crippen LogP contribution in [0.1, 0.15) is 31.2 Å². The second-order valence-electron chi connectivity index (χ2n) is 5.56. The zero-order chi connectivity index (χ0) is 13.9. The summed E-state index contributed by atoms with van der Waals surface area (Å²) in [6.07, 6.45) is 4.68. The summed E-state index contributed by atoms with van der Waals surface area (Å²) in [6, 6.07) is 8.28. The molecule has 0 radical (unpaired) electrons. The molecule has 108 valence electrons. The molecule has 0 saturated heterocycles. The first-order valence-electron chi connectivity index (χ1n) is 7.29. The molecule has 0 amide bonds. The van der Waals surface area contributed by atoms with Crippen molar-refractivity contribution in [3.8, 4) is 0 Å². The number of halogens is 1. The van der Waals surface area contributed by atoms with Gasteiger partial charge in [-0.05, 0) is 36.4 Å². The van der Waals surface area contributed by atoms with Crippen molar-refractivity contribution in [1.29, 1.82) is 0 Å². The third-order valence-corrected chi connectivity index (χ3v) is 4.64. The van der Waals surface area contributed by atoms with Crippen LogP contribution in [0.5, 0.6) is 0 Å². The van der Waals surface area contributed by atoms with Gasteiger partial charge in [0.2, 0.25) is 0 Å². The summed E-state index contributed by atoms with van der Waals surface area (Å²) >= 11 is 6.20. The summed E-state index contributed by atoms with van der Waals surface area (Å²) in [6.45, 7) is 0.953. The minimum Gasteiger partial charge on any atom is -0.444 e. The molecule has 1 fully saturated rings. The van der Waals surface area contributed by atoms with E-state index in [1.54, 1.807) is 0 Å². The molecule has 4 heteroatoms. The van der Waals surface area contributed by atoms with Crippen molar-refractivity contribution in [2.75, 3.05) is 6.61 Å². The van der Waals surface area contributed by atoms with E-state index in [-0.39, 0.29) is 6.61 Å². The highest BCUT2D eigenvalue weighted by molar-refractivity contribution is 6.30. The fourth-order valence-electron chi connectivity index (χ4n) is 3.16. The molecular formula is C16H20ClNO2. The predicted molar refractivity (Wildman–Crippen MR) is 80.9 cm³/mol. The Kier molecular flexibility index (Phi) is 4.29. The first-order chi connectivity index (χ1) is 9.79. The molecular weight excluding hydrogens is 274 g/mol. The number of furan rings is 1. The van der Waals surface area contributed by atoms with Crippen LogP contribution in [0.25, 0.3) is 11.0 Å². The van der Waals surface area contributed by atoms with Gasteiger partial charge in [-0.2, -0.15) is 0 Å². The lowest BCUT2D eigenvalue weighted by atomic mass is 9.85. The lowest BCUT2D eigenvalue weighted by Crippen LogP contribution is -2.39. The zero-order valence-corrected chi connectivity index (χ0v) is 12.2. The Morgan fingerprint density at radius 2 is 2.05 bits per heavy atom. The third kappa shape index (κ3) is 2.71. The second-order valence-corrected chi connectivity index (χ2v) is 5.91. The molecule has 1 saturated carbocycles. The third-order valence-electron chi connectivity index (χ3n) is 4.33. The van der Waals surface area contributed by atoms with Crippen LogP contribution in [0.15, 0.2) is 28.7 Å². The maximum Gasteiger partial charge on any atom is 0.199 e. The number of hydrogen-bond acceptors (Lipinski definition) is 3. The molecule has 0 spiro atoms. The normalized spacial score (nSPS) is 23.3. The predicted octanol–water partition coefficient (Wildman–Crippen LogP) is 3.73. The van der Waals surface area contributed by atoms with Crippen molar-refractivity contribution in [3.63, 3.8) is 0 Å². The Labute approximate surface area is 123 Å². The molecule has 1 aromatic carbocycles. The van der Waals surface area contributed by atoms with Gasteiger partial charge in [-0.15, -0.1) is 0 Å². The van der Waals surface area contributed by atoms with Crippen LogP contribution in [0.2, 0.25) is 5.22 Å². The van der Waals surface area contributed by atoms with Crippen molar-refractivity contribution in [3.05, 3.63) is 35.0 Å². The summed E-state index contributed by atoms with van der Waals surface area (Å²) in [5.41, 5.74) is 1.85. The van der Waals surface area contributed by atoms with Crippen LogP contribution >= 0.6 is 11.6 Å². The SMILES string of the molecule is OCC1CCCCC1NCc1c(Cl)oc2ccccc12. The number of aliphatic hydroxyl groups excluding tert-OH is 1. The van der Waals surface area contributed by atoms with E-state index in [4.69, 9.17) is 16.0 Å². The van der Waals surface area contributed by atoms with Gasteiger partial charge in [0.1, 0.15) is 5.58 Å². The highest BCUT2D eigenvalue weighted by Gasteiger charge is 2.24. The maximum absolute atomic E-state index is 9.46. The monoisotopic (exact) mass is 293 g/mol. The van der Waals surface area contributed by atoms with Crippen molar-refractivity contribution >= 4 is 22.6 Å². The molecule has 1 aromatic heterocycles. The molecule has 0 bridgehead atoms. The number of para-hydroxylation sites is 1. The summed E-state index contributed by atoms with van der Waals surface area (Å²) < 4.78 is 5.57. The van der Waals surface area contributed by atoms with Crippen LogP contribution in [0.3, 0.4) is 0 Å². The van der Waals surface area contributed by atoms with E-state index in [2.05, 4.69) is 5.32 Å². The maximum atomic E-state index is 9.46. The van der Waals surface area contributed by atoms with Gasteiger partial charge in [-0.3, -0.25) is 0 Å². The molecule has 3 nitrogen and oxygen atoms in total. The van der Waals surface area contributed by atoms with E-state index in [9.17, 15) is 5.11 Å². The molecule has 1 aliphatic carbocycles. The molecule has 2 aromatic rings. The lowest BCUT2D eigenvalue weighted by molar-refractivity contribution is 0.152. The second kappa shape index (κ2) is 6.17. The van der Waals surface area contributed by atoms with Crippen LogP contribution in [-0.4, -0.2) is 17.8 Å². The molecule has 2 unspecified atom stereocenters. The Balaban J connectivity index is 1.74. The average molecular weight is 294 g/mol. The smallest absolute Gasteiger partial charge is 0.199 e. The Morgan fingerprint density at radius 1 is 1.25 bits per heavy atom. The zero-order valence-electron chi connectivity index (χ0n) is 11.4. The van der Waals surface area contributed by atoms with Gasteiger partial charge in [0, 0.05) is 30.1 Å². The summed E-state index contributed by atoms with van der Waals surface area (Å²) in [7, 11) is 0. The van der Waals surface area contributed by atoms with Gasteiger partial charge < -0.3 is 14.8 Å². The highest BCUT2D eigenvalue weighted by atomic mass is 35.5. The van der Waals surface area contributed by atoms with Gasteiger partial charge in [0.25, 0.3) is 0 Å². The number of rotatable bonds is 4. The largest absolute Gasteiger partial charge is 0.444 e. The van der Waals surface area contributed by atoms with E-state index in [0.717, 1.165) is 29.4 Å². The van der Waals surface area contributed by atoms with E-state index in [1.165, 1.54) is 12.8 Å². The van der Waals surface area contributed by atoms with Crippen LogP contribution in [0, 0.1) is 5.92 Å². The Morgan fingerprint density at radius 3 is 2.90 bits per heavy atom. The number of benzene rings is 1. The van der Waals surface area contributed by atoms with E-state index in [1.807, 2.05) is 24.3 Å². The topological polar surface area (TPSA) is 45.4 Å². The number of nitrogens with one attached hydrogen (secondary N) is 1. The van der Waals surface area contributed by atoms with Crippen molar-refractivity contribution in [2.45, 2.75) is 38.3 Å². The van der Waals surface area contributed by atoms with Crippen LogP contribution in [-0.2, 0) is 6.54 Å². The number of fused-ring (bicyclic) bond motifs is 1. The van der Waals surface area contributed by atoms with Crippen molar-refractivity contribution < 1.29 is 9.52 Å². The summed E-state index contributed by atoms with van der Waals surface area (Å²) in [5.74, 6) is 0.362. The molecule has 2 atom stereocenters. The van der Waals surface area contributed by atoms with Crippen LogP contribution in [0.4, 0.5) is 0 Å². The van der Waals surface area contributed by atoms with E-state index in [0.29, 0.717) is 23.7 Å². The summed E-state index contributed by atoms with van der Waals surface area (Å²) in [4.78, 5) is 0. The van der Waals surface area contributed by atoms with Gasteiger partial charge >= 0.3 is 0 Å². The van der Waals surface area contributed by atoms with E-state index >= 15 is 0 Å². The number of aliphatic hydroxyl groups is 1. The van der Waals surface area contributed by atoms with Gasteiger partial charge in [0.15, 0.2) is 5.22 Å².